The van der Waals surface area contributed by atoms with Gasteiger partial charge in [0.1, 0.15) is 0 Å². The van der Waals surface area contributed by atoms with Crippen LogP contribution < -0.4 is 5.73 Å². The molecule has 0 amide bonds. The van der Waals surface area contributed by atoms with Gasteiger partial charge < -0.3 is 0 Å². The van der Waals surface area contributed by atoms with Gasteiger partial charge in [-0.15, -0.1) is 0 Å². The molecule has 0 aromatic heterocycles. The molecule has 8 heteroatoms. The van der Waals surface area contributed by atoms with Gasteiger partial charge in [-0.1, -0.05) is 24.6 Å². The Hall–Kier alpha value is 0.790. The minimum atomic E-state index is -3.81. The molecule has 0 unspecified atom stereocenters. The fourth-order valence-corrected chi connectivity index (χ4v) is 6.41. The van der Waals surface area contributed by atoms with Crippen molar-refractivity contribution in [2.75, 3.05) is 23.0 Å². The van der Waals surface area contributed by atoms with E-state index in [4.69, 9.17) is 10.3 Å². The Morgan fingerprint density at radius 3 is 2.38 bits per heavy atom. The predicted molar refractivity (Wildman–Crippen MR) is 78.9 cm³/mol. The fraction of sp³-hybridized carbons (Fsp3) is 0.875. The average Bonchev–Trinajstić information content (AvgIpc) is 2.17. The van der Waals surface area contributed by atoms with Crippen LogP contribution in [0.15, 0.2) is 0 Å². The van der Waals surface area contributed by atoms with Crippen LogP contribution >= 0.6 is 32.1 Å². The Balaban J connectivity index is 3.79. The molecule has 0 rings (SSSR count). The first kappa shape index (κ1) is 16.8. The summed E-state index contributed by atoms with van der Waals surface area (Å²) in [5.41, 5.74) is 5.91. The average molecular weight is 306 g/mol. The minimum Gasteiger partial charge on any atom is -0.292 e. The van der Waals surface area contributed by atoms with Gasteiger partial charge in [-0.3, -0.25) is 10.3 Å². The lowest BCUT2D eigenvalue weighted by Gasteiger charge is -2.08. The van der Waals surface area contributed by atoms with Gasteiger partial charge in [-0.25, -0.2) is 0 Å². The van der Waals surface area contributed by atoms with Crippen molar-refractivity contribution < 1.29 is 13.0 Å². The molecule has 0 aromatic rings. The molecule has 0 aliphatic carbocycles. The monoisotopic (exact) mass is 305 g/mol. The largest absolute Gasteiger partial charge is 0.292 e. The third-order valence-electron chi connectivity index (χ3n) is 1.75. The van der Waals surface area contributed by atoms with E-state index in [0.717, 1.165) is 15.8 Å². The van der Waals surface area contributed by atoms with Gasteiger partial charge in [0.05, 0.1) is 10.1 Å². The molecule has 0 aromatic carbocycles. The van der Waals surface area contributed by atoms with Crippen LogP contribution in [0.3, 0.4) is 0 Å². The molecule has 3 N–H and O–H groups in total. The molecule has 98 valence electrons. The second kappa shape index (κ2) is 8.82. The third kappa shape index (κ3) is 8.89. The molecule has 0 bridgehead atoms. The molecule has 0 heterocycles. The number of nitrogens with two attached hydrogens (primary N) is 1. The van der Waals surface area contributed by atoms with Gasteiger partial charge >= 0.3 is 0 Å². The van der Waals surface area contributed by atoms with Crippen molar-refractivity contribution in [1.82, 2.24) is 0 Å². The molecule has 0 aliphatic heterocycles. The normalized spacial score (nSPS) is 12.1. The number of hydrogen-bond donors (Lipinski definition) is 2. The van der Waals surface area contributed by atoms with Crippen molar-refractivity contribution in [3.8, 4) is 0 Å². The lowest BCUT2D eigenvalue weighted by atomic mass is 10.6. The van der Waals surface area contributed by atoms with Crippen molar-refractivity contribution in [3.63, 3.8) is 0 Å². The van der Waals surface area contributed by atoms with Gasteiger partial charge in [-0.2, -0.15) is 18.9 Å². The molecule has 0 atom stereocenters. The van der Waals surface area contributed by atoms with Gasteiger partial charge in [0.25, 0.3) is 10.1 Å². The summed E-state index contributed by atoms with van der Waals surface area (Å²) < 4.78 is 30.3. The van der Waals surface area contributed by atoms with E-state index >= 15 is 0 Å². The molecular formula is C8H19NO3S4. The molecule has 4 nitrogen and oxygen atoms in total. The second-order valence-corrected chi connectivity index (χ2v) is 9.80. The molecule has 0 spiro atoms. The smallest absolute Gasteiger partial charge is 0.264 e. The molecule has 0 radical (unpaired) electrons. The maximum atomic E-state index is 10.4. The van der Waals surface area contributed by atoms with Gasteiger partial charge in [0.15, 0.2) is 0 Å². The van der Waals surface area contributed by atoms with E-state index in [9.17, 15) is 8.42 Å². The van der Waals surface area contributed by atoms with Crippen LogP contribution in [-0.2, 0) is 10.1 Å². The second-order valence-electron chi connectivity index (χ2n) is 2.93. The highest BCUT2D eigenvalue weighted by Crippen LogP contribution is 2.28. The summed E-state index contributed by atoms with van der Waals surface area (Å²) in [6.07, 6.45) is 0.454. The van der Waals surface area contributed by atoms with Crippen LogP contribution in [0.4, 0.5) is 0 Å². The summed E-state index contributed by atoms with van der Waals surface area (Å²) in [5, 5.41) is 0. The van der Waals surface area contributed by atoms with Gasteiger partial charge in [-0.05, 0) is 28.7 Å². The van der Waals surface area contributed by atoms with E-state index < -0.39 is 10.1 Å². The van der Waals surface area contributed by atoms with Crippen molar-refractivity contribution in [1.29, 1.82) is 0 Å². The van der Waals surface area contributed by atoms with Crippen molar-refractivity contribution >= 4 is 46.5 Å². The van der Waals surface area contributed by atoms with Crippen LogP contribution in [0.25, 0.3) is 0 Å². The molecule has 0 saturated heterocycles. The molecular weight excluding hydrogens is 286 g/mol. The maximum Gasteiger partial charge on any atom is 0.264 e. The highest BCUT2D eigenvalue weighted by atomic mass is 33.1. The lowest BCUT2D eigenvalue weighted by molar-refractivity contribution is 0.482. The van der Waals surface area contributed by atoms with Crippen LogP contribution in [0.2, 0.25) is 0 Å². The Bertz CT molecular complexity index is 320. The zero-order valence-corrected chi connectivity index (χ0v) is 12.8. The summed E-state index contributed by atoms with van der Waals surface area (Å²) in [4.78, 5) is 0. The Kier molecular flexibility index (Phi) is 9.25. The summed E-state index contributed by atoms with van der Waals surface area (Å²) in [6.45, 7) is 4.23. The summed E-state index contributed by atoms with van der Waals surface area (Å²) in [7, 11) is -0.568. The maximum absolute atomic E-state index is 10.4. The summed E-state index contributed by atoms with van der Waals surface area (Å²) in [5.74, 6) is 2.62. The topological polar surface area (TPSA) is 80.4 Å². The van der Waals surface area contributed by atoms with E-state index in [0.29, 0.717) is 12.2 Å². The van der Waals surface area contributed by atoms with Crippen molar-refractivity contribution in [2.45, 2.75) is 20.3 Å². The van der Waals surface area contributed by atoms with Crippen molar-refractivity contribution in [2.24, 2.45) is 5.73 Å². The standard InChI is InChI=1S/C8H19NO3S4/c1-3-15(4-2)8(9)14-13-6-5-7-16(10,11)12/h3-7,9H2,1-2H3,(H,10,11,12). The van der Waals surface area contributed by atoms with Crippen LogP contribution in [0.1, 0.15) is 20.3 Å². The first-order chi connectivity index (χ1) is 7.40. The van der Waals surface area contributed by atoms with E-state index in [1.54, 1.807) is 10.8 Å². The predicted octanol–water partition coefficient (Wildman–Crippen LogP) is 2.00. The molecule has 0 fully saturated rings. The zero-order chi connectivity index (χ0) is 12.6. The number of hydrogen-bond acceptors (Lipinski definition) is 4. The van der Waals surface area contributed by atoms with Crippen molar-refractivity contribution in [3.05, 3.63) is 0 Å². The fourth-order valence-electron chi connectivity index (χ4n) is 0.937. The highest BCUT2D eigenvalue weighted by Gasteiger charge is 2.04. The molecule has 16 heavy (non-hydrogen) atoms. The van der Waals surface area contributed by atoms with Crippen LogP contribution in [0.5, 0.6) is 0 Å². The third-order valence-corrected chi connectivity index (χ3v) is 7.92. The van der Waals surface area contributed by atoms with Gasteiger partial charge in [0, 0.05) is 5.75 Å². The van der Waals surface area contributed by atoms with E-state index in [-0.39, 0.29) is 16.2 Å². The summed E-state index contributed by atoms with van der Waals surface area (Å²) in [6, 6.07) is 0. The molecule has 0 saturated carbocycles. The molecule has 0 aliphatic rings. The zero-order valence-electron chi connectivity index (χ0n) is 9.51. The summed E-state index contributed by atoms with van der Waals surface area (Å²) >= 11 is 0. The first-order valence-corrected chi connectivity index (χ1v) is 10.4. The van der Waals surface area contributed by atoms with E-state index in [2.05, 4.69) is 13.8 Å². The van der Waals surface area contributed by atoms with Crippen LogP contribution in [-0.4, -0.2) is 40.3 Å². The first-order valence-electron chi connectivity index (χ1n) is 4.95. The Labute approximate surface area is 108 Å². The Morgan fingerprint density at radius 2 is 1.94 bits per heavy atom. The van der Waals surface area contributed by atoms with Crippen LogP contribution in [0, 0.1) is 0 Å². The Morgan fingerprint density at radius 1 is 1.38 bits per heavy atom. The number of rotatable bonds is 7. The van der Waals surface area contributed by atoms with E-state index in [1.807, 2.05) is 0 Å². The minimum absolute atomic E-state index is 0.163. The van der Waals surface area contributed by atoms with Gasteiger partial charge in [0.2, 0.25) is 0 Å². The SMILES string of the molecule is CCS(CC)=C(N)SSCCCS(=O)(=O)O. The highest BCUT2D eigenvalue weighted by molar-refractivity contribution is 8.84. The van der Waals surface area contributed by atoms with E-state index in [1.165, 1.54) is 10.8 Å². The lowest BCUT2D eigenvalue weighted by Crippen LogP contribution is -2.08. The quantitative estimate of drug-likeness (QED) is 0.324.